The van der Waals surface area contributed by atoms with Gasteiger partial charge in [-0.05, 0) is 36.0 Å². The van der Waals surface area contributed by atoms with Gasteiger partial charge in [-0.2, -0.15) is 0 Å². The van der Waals surface area contributed by atoms with Crippen LogP contribution in [0.3, 0.4) is 0 Å². The van der Waals surface area contributed by atoms with E-state index in [-0.39, 0.29) is 11.3 Å². The van der Waals surface area contributed by atoms with Gasteiger partial charge in [0.25, 0.3) is 0 Å². The fourth-order valence-corrected chi connectivity index (χ4v) is 3.98. The average Bonchev–Trinajstić information content (AvgIpc) is 2.76. The number of rotatable bonds is 2. The van der Waals surface area contributed by atoms with Gasteiger partial charge in [-0.3, -0.25) is 9.69 Å². The summed E-state index contributed by atoms with van der Waals surface area (Å²) in [6, 6.07) is 6.19. The Morgan fingerprint density at radius 2 is 1.81 bits per heavy atom. The topological polar surface area (TPSA) is 62.8 Å². The molecule has 0 aliphatic carbocycles. The molecule has 2 saturated heterocycles. The molecular weight excluding hydrogens is 330 g/mol. The van der Waals surface area contributed by atoms with Gasteiger partial charge < -0.3 is 20.1 Å². The summed E-state index contributed by atoms with van der Waals surface area (Å²) in [5.41, 5.74) is 0.920. The number of nitrogens with one attached hydrogen (secondary N) is 2. The summed E-state index contributed by atoms with van der Waals surface area (Å²) < 4.78 is 11.3. The van der Waals surface area contributed by atoms with Crippen LogP contribution in [0.15, 0.2) is 18.2 Å². The lowest BCUT2D eigenvalue weighted by Gasteiger charge is -2.40. The minimum absolute atomic E-state index is 0.0987. The van der Waals surface area contributed by atoms with Gasteiger partial charge in [0.15, 0.2) is 11.5 Å². The Kier molecular flexibility index (Phi) is 4.57. The highest BCUT2D eigenvalue weighted by Crippen LogP contribution is 2.32. The van der Waals surface area contributed by atoms with Crippen molar-refractivity contribution < 1.29 is 14.3 Å². The summed E-state index contributed by atoms with van der Waals surface area (Å²) >= 11 is 0. The number of hydrogen-bond donors (Lipinski definition) is 2. The Labute approximate surface area is 155 Å². The Morgan fingerprint density at radius 3 is 2.58 bits per heavy atom. The Morgan fingerprint density at radius 1 is 1.08 bits per heavy atom. The molecule has 4 rings (SSSR count). The molecule has 0 atom stereocenters. The molecule has 3 aliphatic rings. The number of amides is 1. The molecule has 26 heavy (non-hydrogen) atoms. The number of piperidine rings is 1. The van der Waals surface area contributed by atoms with Crippen LogP contribution >= 0.6 is 0 Å². The molecule has 0 unspecified atom stereocenters. The third-order valence-electron chi connectivity index (χ3n) is 5.79. The molecule has 2 fully saturated rings. The largest absolute Gasteiger partial charge is 0.486 e. The molecule has 1 spiro atoms. The normalized spacial score (nSPS) is 24.8. The average molecular weight is 359 g/mol. The molecule has 142 valence electrons. The predicted octanol–water partition coefficient (Wildman–Crippen LogP) is 1.54. The fraction of sp³-hybridized carbons (Fsp3) is 0.650. The molecule has 0 aromatic heterocycles. The van der Waals surface area contributed by atoms with Crippen LogP contribution in [0.5, 0.6) is 11.5 Å². The minimum atomic E-state index is -0.406. The first kappa shape index (κ1) is 17.6. The van der Waals surface area contributed by atoms with Crippen molar-refractivity contribution in [1.29, 1.82) is 0 Å². The third kappa shape index (κ3) is 3.53. The van der Waals surface area contributed by atoms with Crippen LogP contribution in [-0.4, -0.2) is 55.7 Å². The number of carbonyl (C=O) groups is 1. The molecule has 2 N–H and O–H groups in total. The molecule has 0 saturated carbocycles. The van der Waals surface area contributed by atoms with Gasteiger partial charge in [0.2, 0.25) is 5.91 Å². The van der Waals surface area contributed by atoms with Crippen molar-refractivity contribution in [3.8, 4) is 11.5 Å². The summed E-state index contributed by atoms with van der Waals surface area (Å²) in [6.07, 6.45) is 1.69. The number of hydrogen-bond acceptors (Lipinski definition) is 5. The van der Waals surface area contributed by atoms with E-state index in [4.69, 9.17) is 9.47 Å². The second kappa shape index (κ2) is 6.74. The van der Waals surface area contributed by atoms with E-state index in [9.17, 15) is 4.79 Å². The summed E-state index contributed by atoms with van der Waals surface area (Å²) in [7, 11) is 0. The lowest BCUT2D eigenvalue weighted by atomic mass is 9.86. The molecule has 3 heterocycles. The maximum Gasteiger partial charge on any atom is 0.240 e. The van der Waals surface area contributed by atoms with Gasteiger partial charge in [-0.25, -0.2) is 0 Å². The second-order valence-electron chi connectivity index (χ2n) is 8.54. The van der Waals surface area contributed by atoms with E-state index in [0.717, 1.165) is 57.1 Å². The van der Waals surface area contributed by atoms with Crippen molar-refractivity contribution in [1.82, 2.24) is 15.5 Å². The predicted molar refractivity (Wildman–Crippen MR) is 99.5 cm³/mol. The molecule has 0 radical (unpaired) electrons. The standard InChI is InChI=1S/C20H29N3O3/c1-19(2)13-21-18(24)20(22-14-19)5-7-23(8-6-20)12-15-3-4-16-17(11-15)26-10-9-25-16/h3-4,11,22H,5-10,12-14H2,1-2H3,(H,21,24). The van der Waals surface area contributed by atoms with Crippen molar-refractivity contribution >= 4 is 5.91 Å². The number of nitrogens with zero attached hydrogens (tertiary/aromatic N) is 1. The Balaban J connectivity index is 1.38. The van der Waals surface area contributed by atoms with Crippen molar-refractivity contribution in [3.05, 3.63) is 23.8 Å². The first-order chi connectivity index (χ1) is 12.5. The zero-order valence-electron chi connectivity index (χ0n) is 15.8. The van der Waals surface area contributed by atoms with Gasteiger partial charge in [0.1, 0.15) is 18.8 Å². The Hall–Kier alpha value is -1.79. The van der Waals surface area contributed by atoms with Gasteiger partial charge >= 0.3 is 0 Å². The molecule has 6 nitrogen and oxygen atoms in total. The van der Waals surface area contributed by atoms with Crippen LogP contribution in [0.4, 0.5) is 0 Å². The molecule has 1 aromatic carbocycles. The number of likely N-dealkylation sites (tertiary alicyclic amines) is 1. The minimum Gasteiger partial charge on any atom is -0.486 e. The number of benzene rings is 1. The van der Waals surface area contributed by atoms with Crippen molar-refractivity contribution in [2.24, 2.45) is 5.41 Å². The number of carbonyl (C=O) groups excluding carboxylic acids is 1. The van der Waals surface area contributed by atoms with E-state index >= 15 is 0 Å². The van der Waals surface area contributed by atoms with Gasteiger partial charge in [-0.1, -0.05) is 19.9 Å². The van der Waals surface area contributed by atoms with E-state index in [1.807, 2.05) is 6.07 Å². The number of fused-ring (bicyclic) bond motifs is 1. The van der Waals surface area contributed by atoms with Gasteiger partial charge in [0, 0.05) is 32.7 Å². The van der Waals surface area contributed by atoms with Crippen molar-refractivity contribution in [2.45, 2.75) is 38.8 Å². The van der Waals surface area contributed by atoms with Gasteiger partial charge in [0.05, 0.1) is 0 Å². The summed E-state index contributed by atoms with van der Waals surface area (Å²) in [5.74, 6) is 1.84. The zero-order chi connectivity index (χ0) is 18.2. The highest BCUT2D eigenvalue weighted by atomic mass is 16.6. The fourth-order valence-electron chi connectivity index (χ4n) is 3.98. The van der Waals surface area contributed by atoms with Crippen molar-refractivity contribution in [3.63, 3.8) is 0 Å². The highest BCUT2D eigenvalue weighted by Gasteiger charge is 2.44. The first-order valence-corrected chi connectivity index (χ1v) is 9.60. The van der Waals surface area contributed by atoms with Crippen LogP contribution in [0.25, 0.3) is 0 Å². The SMILES string of the molecule is CC1(C)CNC(=O)C2(CCN(Cc3ccc4c(c3)OCCO4)CC2)NC1. The molecule has 3 aliphatic heterocycles. The molecule has 6 heteroatoms. The summed E-state index contributed by atoms with van der Waals surface area (Å²) in [5, 5.41) is 6.73. The summed E-state index contributed by atoms with van der Waals surface area (Å²) in [6.45, 7) is 9.92. The van der Waals surface area contributed by atoms with Crippen LogP contribution in [0.1, 0.15) is 32.3 Å². The zero-order valence-corrected chi connectivity index (χ0v) is 15.8. The van der Waals surface area contributed by atoms with Crippen LogP contribution in [0, 0.1) is 5.41 Å². The maximum atomic E-state index is 12.7. The quantitative estimate of drug-likeness (QED) is 0.839. The third-order valence-corrected chi connectivity index (χ3v) is 5.79. The Bertz CT molecular complexity index is 681. The van der Waals surface area contributed by atoms with Crippen LogP contribution in [-0.2, 0) is 11.3 Å². The molecule has 1 amide bonds. The summed E-state index contributed by atoms with van der Waals surface area (Å²) in [4.78, 5) is 15.1. The smallest absolute Gasteiger partial charge is 0.240 e. The lowest BCUT2D eigenvalue weighted by Crippen LogP contribution is -2.60. The second-order valence-corrected chi connectivity index (χ2v) is 8.54. The van der Waals surface area contributed by atoms with E-state index in [0.29, 0.717) is 13.2 Å². The van der Waals surface area contributed by atoms with E-state index < -0.39 is 5.54 Å². The molecular formula is C20H29N3O3. The van der Waals surface area contributed by atoms with Crippen LogP contribution in [0.2, 0.25) is 0 Å². The highest BCUT2D eigenvalue weighted by molar-refractivity contribution is 5.86. The first-order valence-electron chi connectivity index (χ1n) is 9.60. The van der Waals surface area contributed by atoms with Gasteiger partial charge in [-0.15, -0.1) is 0 Å². The lowest BCUT2D eigenvalue weighted by molar-refractivity contribution is -0.129. The van der Waals surface area contributed by atoms with E-state index in [2.05, 4.69) is 41.5 Å². The maximum absolute atomic E-state index is 12.7. The monoisotopic (exact) mass is 359 g/mol. The van der Waals surface area contributed by atoms with E-state index in [1.165, 1.54) is 5.56 Å². The molecule has 1 aromatic rings. The van der Waals surface area contributed by atoms with E-state index in [1.54, 1.807) is 0 Å². The number of ether oxygens (including phenoxy) is 2. The van der Waals surface area contributed by atoms with Crippen LogP contribution < -0.4 is 20.1 Å². The molecule has 0 bridgehead atoms. The van der Waals surface area contributed by atoms with Crippen molar-refractivity contribution in [2.75, 3.05) is 39.4 Å².